The van der Waals surface area contributed by atoms with E-state index in [1.54, 1.807) is 42.5 Å². The van der Waals surface area contributed by atoms with Gasteiger partial charge in [-0.25, -0.2) is 8.42 Å². The van der Waals surface area contributed by atoms with Crippen molar-refractivity contribution in [2.45, 2.75) is 11.8 Å². The fraction of sp³-hybridized carbons (Fsp3) is 0.0952. The Kier molecular flexibility index (Phi) is 7.08. The van der Waals surface area contributed by atoms with Crippen molar-refractivity contribution in [2.24, 2.45) is 0 Å². The molecule has 0 aliphatic carbocycles. The third kappa shape index (κ3) is 5.35. The van der Waals surface area contributed by atoms with E-state index in [1.807, 2.05) is 6.92 Å². The number of nitrogens with zero attached hydrogens (tertiary/aromatic N) is 1. The van der Waals surface area contributed by atoms with Gasteiger partial charge in [-0.05, 0) is 77.5 Å². The Balaban J connectivity index is 1.93. The molecular weight excluding hydrogens is 511 g/mol. The van der Waals surface area contributed by atoms with Crippen molar-refractivity contribution in [2.75, 3.05) is 16.2 Å². The molecule has 0 radical (unpaired) electrons. The summed E-state index contributed by atoms with van der Waals surface area (Å²) in [5.74, 6) is -0.508. The van der Waals surface area contributed by atoms with Crippen molar-refractivity contribution in [1.29, 1.82) is 0 Å². The maximum Gasteiger partial charge on any atom is 0.264 e. The summed E-state index contributed by atoms with van der Waals surface area (Å²) in [6, 6.07) is 17.6. The van der Waals surface area contributed by atoms with Gasteiger partial charge in [-0.15, -0.1) is 0 Å². The van der Waals surface area contributed by atoms with Crippen molar-refractivity contribution >= 4 is 66.4 Å². The Morgan fingerprint density at radius 2 is 1.63 bits per heavy atom. The molecule has 0 saturated heterocycles. The molecule has 1 amide bonds. The summed E-state index contributed by atoms with van der Waals surface area (Å²) in [6.07, 6.45) is 0. The second-order valence-electron chi connectivity index (χ2n) is 6.48. The molecule has 0 heterocycles. The lowest BCUT2D eigenvalue weighted by atomic mass is 10.2. The van der Waals surface area contributed by atoms with Crippen LogP contribution in [-0.2, 0) is 14.8 Å². The van der Waals surface area contributed by atoms with Crippen LogP contribution in [0.3, 0.4) is 0 Å². The number of benzene rings is 3. The molecule has 1 N–H and O–H groups in total. The molecule has 9 heteroatoms. The Morgan fingerprint density at radius 3 is 2.23 bits per heavy atom. The average molecular weight is 528 g/mol. The van der Waals surface area contributed by atoms with Crippen LogP contribution in [-0.4, -0.2) is 20.9 Å². The summed E-state index contributed by atoms with van der Waals surface area (Å²) in [5.41, 5.74) is 1.80. The molecule has 0 saturated carbocycles. The zero-order chi connectivity index (χ0) is 21.9. The van der Waals surface area contributed by atoms with Gasteiger partial charge in [0.15, 0.2) is 0 Å². The fourth-order valence-corrected chi connectivity index (χ4v) is 4.64. The topological polar surface area (TPSA) is 66.5 Å². The number of hydrogen-bond donors (Lipinski definition) is 1. The van der Waals surface area contributed by atoms with Crippen LogP contribution in [0.2, 0.25) is 10.0 Å². The minimum absolute atomic E-state index is 0.0342. The number of amides is 1. The normalized spacial score (nSPS) is 11.2. The zero-order valence-electron chi connectivity index (χ0n) is 15.8. The van der Waals surface area contributed by atoms with Gasteiger partial charge in [0.05, 0.1) is 15.6 Å². The lowest BCUT2D eigenvalue weighted by molar-refractivity contribution is -0.114. The monoisotopic (exact) mass is 526 g/mol. The van der Waals surface area contributed by atoms with Crippen LogP contribution in [0.1, 0.15) is 5.56 Å². The predicted molar refractivity (Wildman–Crippen MR) is 125 cm³/mol. The van der Waals surface area contributed by atoms with Crippen LogP contribution >= 0.6 is 39.1 Å². The number of anilines is 2. The Labute approximate surface area is 193 Å². The van der Waals surface area contributed by atoms with Gasteiger partial charge in [0.2, 0.25) is 5.91 Å². The molecule has 0 spiro atoms. The van der Waals surface area contributed by atoms with E-state index in [9.17, 15) is 13.2 Å². The number of halogens is 3. The van der Waals surface area contributed by atoms with Crippen molar-refractivity contribution in [3.8, 4) is 0 Å². The van der Waals surface area contributed by atoms with Crippen molar-refractivity contribution in [1.82, 2.24) is 0 Å². The van der Waals surface area contributed by atoms with Crippen LogP contribution in [0.5, 0.6) is 0 Å². The highest BCUT2D eigenvalue weighted by molar-refractivity contribution is 9.10. The third-order valence-corrected chi connectivity index (χ3v) is 7.49. The maximum absolute atomic E-state index is 13.3. The first-order valence-electron chi connectivity index (χ1n) is 8.77. The van der Waals surface area contributed by atoms with Crippen LogP contribution < -0.4 is 9.62 Å². The standard InChI is InChI=1S/C21H17BrCl2N2O3S/c1-14-2-7-17(8-3-14)26(30(28,29)18-9-4-15(23)5-10-18)13-21(27)25-16-6-11-19(22)20(24)12-16/h2-12H,13H2,1H3,(H,25,27). The van der Waals surface area contributed by atoms with E-state index in [0.717, 1.165) is 9.87 Å². The number of nitrogens with one attached hydrogen (secondary N) is 1. The Morgan fingerprint density at radius 1 is 1.00 bits per heavy atom. The number of rotatable bonds is 6. The average Bonchev–Trinajstić information content (AvgIpc) is 2.70. The van der Waals surface area contributed by atoms with Crippen molar-refractivity contribution in [3.63, 3.8) is 0 Å². The molecule has 0 aliphatic rings. The lowest BCUT2D eigenvalue weighted by Gasteiger charge is -2.24. The molecule has 30 heavy (non-hydrogen) atoms. The molecule has 0 unspecified atom stereocenters. The van der Waals surface area contributed by atoms with Gasteiger partial charge in [-0.3, -0.25) is 9.10 Å². The minimum Gasteiger partial charge on any atom is -0.324 e. The van der Waals surface area contributed by atoms with Crippen LogP contribution in [0.15, 0.2) is 76.1 Å². The van der Waals surface area contributed by atoms with E-state index in [2.05, 4.69) is 21.2 Å². The number of carbonyl (C=O) groups excluding carboxylic acids is 1. The Hall–Kier alpha value is -2.06. The largest absolute Gasteiger partial charge is 0.324 e. The third-order valence-electron chi connectivity index (χ3n) is 4.21. The van der Waals surface area contributed by atoms with Gasteiger partial charge in [-0.1, -0.05) is 40.9 Å². The fourth-order valence-electron chi connectivity index (χ4n) is 2.66. The summed E-state index contributed by atoms with van der Waals surface area (Å²) in [6.45, 7) is 1.48. The molecule has 0 fully saturated rings. The SMILES string of the molecule is Cc1ccc(N(CC(=O)Nc2ccc(Br)c(Cl)c2)S(=O)(=O)c2ccc(Cl)cc2)cc1. The molecule has 3 rings (SSSR count). The molecule has 0 bridgehead atoms. The van der Waals surface area contributed by atoms with Crippen LogP contribution in [0.4, 0.5) is 11.4 Å². The summed E-state index contributed by atoms with van der Waals surface area (Å²) >= 11 is 15.2. The second-order valence-corrected chi connectivity index (χ2v) is 10.0. The lowest BCUT2D eigenvalue weighted by Crippen LogP contribution is -2.38. The van der Waals surface area contributed by atoms with E-state index in [1.165, 1.54) is 24.3 Å². The Bertz CT molecular complexity index is 1170. The van der Waals surface area contributed by atoms with Gasteiger partial charge in [-0.2, -0.15) is 0 Å². The first-order valence-corrected chi connectivity index (χ1v) is 11.8. The van der Waals surface area contributed by atoms with Gasteiger partial charge >= 0.3 is 0 Å². The van der Waals surface area contributed by atoms with Crippen LogP contribution in [0.25, 0.3) is 0 Å². The van der Waals surface area contributed by atoms with Gasteiger partial charge in [0.1, 0.15) is 6.54 Å². The highest BCUT2D eigenvalue weighted by Crippen LogP contribution is 2.27. The first-order chi connectivity index (χ1) is 14.2. The van der Waals surface area contributed by atoms with Crippen molar-refractivity contribution in [3.05, 3.63) is 86.8 Å². The van der Waals surface area contributed by atoms with Gasteiger partial charge < -0.3 is 5.32 Å². The van der Waals surface area contributed by atoms with Gasteiger partial charge in [0, 0.05) is 15.2 Å². The second kappa shape index (κ2) is 9.39. The highest BCUT2D eigenvalue weighted by atomic mass is 79.9. The summed E-state index contributed by atoms with van der Waals surface area (Å²) < 4.78 is 28.3. The summed E-state index contributed by atoms with van der Waals surface area (Å²) in [7, 11) is -4.01. The van der Waals surface area contributed by atoms with E-state index < -0.39 is 22.5 Å². The molecule has 0 aromatic heterocycles. The summed E-state index contributed by atoms with van der Waals surface area (Å²) in [5, 5.41) is 3.53. The van der Waals surface area contributed by atoms with E-state index >= 15 is 0 Å². The molecule has 0 atom stereocenters. The smallest absolute Gasteiger partial charge is 0.264 e. The minimum atomic E-state index is -4.01. The first kappa shape index (κ1) is 22.6. The molecule has 3 aromatic carbocycles. The van der Waals surface area contributed by atoms with E-state index in [-0.39, 0.29) is 4.90 Å². The number of aryl methyl sites for hydroxylation is 1. The number of sulfonamides is 1. The number of hydrogen-bond acceptors (Lipinski definition) is 3. The van der Waals surface area contributed by atoms with Crippen LogP contribution in [0, 0.1) is 6.92 Å². The molecule has 5 nitrogen and oxygen atoms in total. The molecule has 3 aromatic rings. The van der Waals surface area contributed by atoms with E-state index in [4.69, 9.17) is 23.2 Å². The van der Waals surface area contributed by atoms with Crippen molar-refractivity contribution < 1.29 is 13.2 Å². The van der Waals surface area contributed by atoms with Gasteiger partial charge in [0.25, 0.3) is 10.0 Å². The maximum atomic E-state index is 13.3. The molecular formula is C21H17BrCl2N2O3S. The highest BCUT2D eigenvalue weighted by Gasteiger charge is 2.27. The summed E-state index contributed by atoms with van der Waals surface area (Å²) in [4.78, 5) is 12.7. The van der Waals surface area contributed by atoms with E-state index in [0.29, 0.717) is 25.9 Å². The zero-order valence-corrected chi connectivity index (χ0v) is 19.7. The quantitative estimate of drug-likeness (QED) is 0.434. The molecule has 0 aliphatic heterocycles. The predicted octanol–water partition coefficient (Wildman–Crippen LogP) is 5.90. The molecule has 156 valence electrons. The number of carbonyl (C=O) groups is 1.